The number of nitrogens with zero attached hydrogens (tertiary/aromatic N) is 1. The fourth-order valence-electron chi connectivity index (χ4n) is 2.38. The predicted molar refractivity (Wildman–Crippen MR) is 84.8 cm³/mol. The van der Waals surface area contributed by atoms with Crippen LogP contribution in [-0.2, 0) is 6.54 Å². The van der Waals surface area contributed by atoms with Crippen molar-refractivity contribution in [2.24, 2.45) is 0 Å². The quantitative estimate of drug-likeness (QED) is 0.825. The molecule has 0 aliphatic heterocycles. The van der Waals surface area contributed by atoms with E-state index in [0.29, 0.717) is 0 Å². The van der Waals surface area contributed by atoms with E-state index in [4.69, 9.17) is 4.42 Å². The molecule has 0 amide bonds. The summed E-state index contributed by atoms with van der Waals surface area (Å²) in [6.07, 6.45) is 4.38. The van der Waals surface area contributed by atoms with Crippen molar-refractivity contribution in [1.82, 2.24) is 4.90 Å². The van der Waals surface area contributed by atoms with Gasteiger partial charge in [-0.1, -0.05) is 22.0 Å². The van der Waals surface area contributed by atoms with Crippen molar-refractivity contribution in [2.45, 2.75) is 25.4 Å². The third-order valence-electron chi connectivity index (χ3n) is 3.56. The van der Waals surface area contributed by atoms with Crippen LogP contribution in [0, 0.1) is 0 Å². The van der Waals surface area contributed by atoms with Gasteiger partial charge in [0.2, 0.25) is 0 Å². The maximum absolute atomic E-state index is 5.45. The summed E-state index contributed by atoms with van der Waals surface area (Å²) in [6.45, 7) is 2.91. The molecule has 1 saturated carbocycles. The minimum atomic E-state index is 0.740. The van der Waals surface area contributed by atoms with Crippen LogP contribution < -0.4 is 5.32 Å². The molecular weight excluding hydrogens is 316 g/mol. The first-order valence-electron chi connectivity index (χ1n) is 7.07. The smallest absolute Gasteiger partial charge is 0.117 e. The molecular formula is C16H19BrN2O. The molecule has 1 N–H and O–H groups in total. The van der Waals surface area contributed by atoms with Gasteiger partial charge in [0.05, 0.1) is 12.8 Å². The Morgan fingerprint density at radius 1 is 1.25 bits per heavy atom. The predicted octanol–water partition coefficient (Wildman–Crippen LogP) is 4.12. The Morgan fingerprint density at radius 2 is 2.15 bits per heavy atom. The molecule has 0 saturated heterocycles. The van der Waals surface area contributed by atoms with E-state index in [-0.39, 0.29) is 0 Å². The Bertz CT molecular complexity index is 537. The summed E-state index contributed by atoms with van der Waals surface area (Å²) >= 11 is 3.49. The van der Waals surface area contributed by atoms with E-state index in [1.165, 1.54) is 12.8 Å². The highest BCUT2D eigenvalue weighted by molar-refractivity contribution is 9.10. The van der Waals surface area contributed by atoms with E-state index in [9.17, 15) is 0 Å². The summed E-state index contributed by atoms with van der Waals surface area (Å²) in [5, 5.41) is 3.48. The summed E-state index contributed by atoms with van der Waals surface area (Å²) in [6, 6.07) is 13.0. The minimum Gasteiger partial charge on any atom is -0.468 e. The average molecular weight is 335 g/mol. The summed E-state index contributed by atoms with van der Waals surface area (Å²) in [5.41, 5.74) is 1.16. The Hall–Kier alpha value is -1.26. The van der Waals surface area contributed by atoms with Crippen LogP contribution >= 0.6 is 15.9 Å². The molecule has 1 heterocycles. The van der Waals surface area contributed by atoms with Crippen molar-refractivity contribution in [1.29, 1.82) is 0 Å². The summed E-state index contributed by atoms with van der Waals surface area (Å²) in [4.78, 5) is 2.50. The van der Waals surface area contributed by atoms with E-state index in [1.54, 1.807) is 6.26 Å². The second-order valence-electron chi connectivity index (χ2n) is 5.22. The van der Waals surface area contributed by atoms with Crippen LogP contribution in [0.5, 0.6) is 0 Å². The Balaban J connectivity index is 1.50. The molecule has 2 aromatic rings. The lowest BCUT2D eigenvalue weighted by Gasteiger charge is -2.21. The number of hydrogen-bond donors (Lipinski definition) is 1. The molecule has 106 valence electrons. The van der Waals surface area contributed by atoms with Gasteiger partial charge in [-0.15, -0.1) is 0 Å². The maximum Gasteiger partial charge on any atom is 0.117 e. The first kappa shape index (κ1) is 13.7. The van der Waals surface area contributed by atoms with Gasteiger partial charge in [0.1, 0.15) is 5.76 Å². The number of hydrogen-bond acceptors (Lipinski definition) is 3. The molecule has 20 heavy (non-hydrogen) atoms. The molecule has 1 aromatic heterocycles. The molecule has 0 unspecified atom stereocenters. The van der Waals surface area contributed by atoms with Crippen LogP contribution in [0.25, 0.3) is 0 Å². The molecule has 0 atom stereocenters. The molecule has 0 radical (unpaired) electrons. The highest BCUT2D eigenvalue weighted by Gasteiger charge is 2.28. The average Bonchev–Trinajstić information content (AvgIpc) is 3.16. The van der Waals surface area contributed by atoms with Crippen molar-refractivity contribution in [2.75, 3.05) is 18.4 Å². The first-order chi connectivity index (χ1) is 9.81. The molecule has 0 bridgehead atoms. The van der Waals surface area contributed by atoms with Gasteiger partial charge in [0.25, 0.3) is 0 Å². The van der Waals surface area contributed by atoms with Gasteiger partial charge in [0, 0.05) is 29.3 Å². The van der Waals surface area contributed by atoms with Gasteiger partial charge in [-0.05, 0) is 43.2 Å². The van der Waals surface area contributed by atoms with Crippen molar-refractivity contribution >= 4 is 21.6 Å². The van der Waals surface area contributed by atoms with Gasteiger partial charge >= 0.3 is 0 Å². The molecule has 0 spiro atoms. The second kappa shape index (κ2) is 6.46. The van der Waals surface area contributed by atoms with Gasteiger partial charge in [0.15, 0.2) is 0 Å². The fraction of sp³-hybridized carbons (Fsp3) is 0.375. The van der Waals surface area contributed by atoms with E-state index >= 15 is 0 Å². The standard InChI is InChI=1S/C16H19BrN2O/c17-13-3-1-4-14(11-13)18-8-9-19(15-6-7-15)12-16-5-2-10-20-16/h1-5,10-11,15,18H,6-9,12H2. The Kier molecular flexibility index (Phi) is 4.43. The third-order valence-corrected chi connectivity index (χ3v) is 4.05. The second-order valence-corrected chi connectivity index (χ2v) is 6.13. The lowest BCUT2D eigenvalue weighted by Crippen LogP contribution is -2.30. The van der Waals surface area contributed by atoms with Gasteiger partial charge in [-0.2, -0.15) is 0 Å². The molecule has 3 nitrogen and oxygen atoms in total. The highest BCUT2D eigenvalue weighted by Crippen LogP contribution is 2.28. The molecule has 1 aliphatic carbocycles. The van der Waals surface area contributed by atoms with Crippen LogP contribution in [0.3, 0.4) is 0 Å². The Labute approximate surface area is 128 Å². The van der Waals surface area contributed by atoms with Gasteiger partial charge < -0.3 is 9.73 Å². The Morgan fingerprint density at radius 3 is 2.85 bits per heavy atom. The molecule has 1 aliphatic rings. The summed E-state index contributed by atoms with van der Waals surface area (Å²) in [5.74, 6) is 1.05. The van der Waals surface area contributed by atoms with E-state index < -0.39 is 0 Å². The topological polar surface area (TPSA) is 28.4 Å². The zero-order valence-electron chi connectivity index (χ0n) is 11.4. The van der Waals surface area contributed by atoms with E-state index in [1.807, 2.05) is 18.2 Å². The number of anilines is 1. The first-order valence-corrected chi connectivity index (χ1v) is 7.86. The van der Waals surface area contributed by atoms with Crippen LogP contribution in [-0.4, -0.2) is 24.0 Å². The van der Waals surface area contributed by atoms with Crippen molar-refractivity contribution < 1.29 is 4.42 Å². The van der Waals surface area contributed by atoms with E-state index in [2.05, 4.69) is 44.3 Å². The summed E-state index contributed by atoms with van der Waals surface area (Å²) < 4.78 is 6.56. The zero-order valence-corrected chi connectivity index (χ0v) is 13.0. The van der Waals surface area contributed by atoms with E-state index in [0.717, 1.165) is 41.6 Å². The normalized spacial score (nSPS) is 14.7. The SMILES string of the molecule is Brc1cccc(NCCN(Cc2ccco2)C2CC2)c1. The number of furan rings is 1. The maximum atomic E-state index is 5.45. The largest absolute Gasteiger partial charge is 0.468 e. The molecule has 3 rings (SSSR count). The van der Waals surface area contributed by atoms with Crippen LogP contribution in [0.1, 0.15) is 18.6 Å². The molecule has 1 aromatic carbocycles. The summed E-state index contributed by atoms with van der Waals surface area (Å²) in [7, 11) is 0. The van der Waals surface area contributed by atoms with Crippen LogP contribution in [0.4, 0.5) is 5.69 Å². The lowest BCUT2D eigenvalue weighted by atomic mass is 10.3. The highest BCUT2D eigenvalue weighted by atomic mass is 79.9. The number of rotatable bonds is 7. The van der Waals surface area contributed by atoms with Crippen molar-refractivity contribution in [3.05, 3.63) is 52.9 Å². The van der Waals surface area contributed by atoms with Crippen molar-refractivity contribution in [3.8, 4) is 0 Å². The minimum absolute atomic E-state index is 0.740. The van der Waals surface area contributed by atoms with Crippen molar-refractivity contribution in [3.63, 3.8) is 0 Å². The zero-order chi connectivity index (χ0) is 13.8. The van der Waals surface area contributed by atoms with Crippen LogP contribution in [0.15, 0.2) is 51.6 Å². The molecule has 1 fully saturated rings. The lowest BCUT2D eigenvalue weighted by molar-refractivity contribution is 0.242. The van der Waals surface area contributed by atoms with Crippen LogP contribution in [0.2, 0.25) is 0 Å². The molecule has 4 heteroatoms. The van der Waals surface area contributed by atoms with Gasteiger partial charge in [-0.25, -0.2) is 0 Å². The monoisotopic (exact) mass is 334 g/mol. The third kappa shape index (κ3) is 3.87. The fourth-order valence-corrected chi connectivity index (χ4v) is 2.77. The van der Waals surface area contributed by atoms with Gasteiger partial charge in [-0.3, -0.25) is 4.90 Å². The number of halogens is 1. The number of benzene rings is 1. The number of nitrogens with one attached hydrogen (secondary N) is 1.